The highest BCUT2D eigenvalue weighted by atomic mass is 16.7. The molecule has 1 aromatic heterocycles. The molecule has 2 heterocycles. The maximum Gasteiger partial charge on any atom is 0.315 e. The third-order valence-electron chi connectivity index (χ3n) is 3.47. The lowest BCUT2D eigenvalue weighted by molar-refractivity contribution is 0.174. The molecule has 4 rings (SSSR count). The van der Waals surface area contributed by atoms with Crippen molar-refractivity contribution in [2.45, 2.75) is 32.0 Å². The van der Waals surface area contributed by atoms with Crippen LogP contribution in [-0.4, -0.2) is 23.0 Å². The zero-order chi connectivity index (χ0) is 14.1. The third kappa shape index (κ3) is 2.92. The van der Waals surface area contributed by atoms with Gasteiger partial charge in [0.25, 0.3) is 0 Å². The number of rotatable bonds is 6. The average molecular weight is 288 g/mol. The first-order chi connectivity index (χ1) is 10.4. The summed E-state index contributed by atoms with van der Waals surface area (Å²) in [6, 6.07) is 6.88. The van der Waals surface area contributed by atoms with E-state index in [1.54, 1.807) is 0 Å². The normalized spacial score (nSPS) is 16.2. The van der Waals surface area contributed by atoms with Crippen molar-refractivity contribution in [1.29, 1.82) is 0 Å². The number of nitrogens with one attached hydrogen (secondary N) is 2. The number of fused-ring (bicyclic) bond motifs is 1. The Morgan fingerprint density at radius 2 is 2.00 bits per heavy atom. The van der Waals surface area contributed by atoms with Gasteiger partial charge >= 0.3 is 6.01 Å². The van der Waals surface area contributed by atoms with E-state index in [1.165, 1.54) is 12.8 Å². The van der Waals surface area contributed by atoms with E-state index in [9.17, 15) is 0 Å². The first-order valence-corrected chi connectivity index (χ1v) is 7.05. The summed E-state index contributed by atoms with van der Waals surface area (Å²) in [6.45, 7) is 1.50. The van der Waals surface area contributed by atoms with Crippen LogP contribution in [0.3, 0.4) is 0 Å². The van der Waals surface area contributed by atoms with E-state index in [0.29, 0.717) is 31.0 Å². The lowest BCUT2D eigenvalue weighted by atomic mass is 10.2. The monoisotopic (exact) mass is 288 g/mol. The molecule has 0 amide bonds. The minimum atomic E-state index is 0.285. The van der Waals surface area contributed by atoms with Gasteiger partial charge in [0.05, 0.1) is 6.54 Å². The highest BCUT2D eigenvalue weighted by molar-refractivity contribution is 5.45. The van der Waals surface area contributed by atoms with Gasteiger partial charge < -0.3 is 24.5 Å². The van der Waals surface area contributed by atoms with Crippen LogP contribution in [0.15, 0.2) is 22.6 Å². The molecular formula is C14H16N4O3. The van der Waals surface area contributed by atoms with E-state index in [-0.39, 0.29) is 6.79 Å². The van der Waals surface area contributed by atoms with Gasteiger partial charge in [0.15, 0.2) is 11.5 Å². The number of benzene rings is 1. The van der Waals surface area contributed by atoms with Crippen molar-refractivity contribution in [2.24, 2.45) is 0 Å². The molecule has 21 heavy (non-hydrogen) atoms. The first-order valence-electron chi connectivity index (χ1n) is 7.05. The van der Waals surface area contributed by atoms with Crippen LogP contribution in [0, 0.1) is 0 Å². The van der Waals surface area contributed by atoms with Crippen LogP contribution in [0.2, 0.25) is 0 Å². The van der Waals surface area contributed by atoms with Crippen molar-refractivity contribution in [3.05, 3.63) is 29.7 Å². The summed E-state index contributed by atoms with van der Waals surface area (Å²) < 4.78 is 16.2. The Balaban J connectivity index is 1.33. The van der Waals surface area contributed by atoms with E-state index in [2.05, 4.69) is 20.8 Å². The number of ether oxygens (including phenoxy) is 2. The second-order valence-corrected chi connectivity index (χ2v) is 5.20. The average Bonchev–Trinajstić information content (AvgIpc) is 3.04. The number of hydrogen-bond donors (Lipinski definition) is 2. The van der Waals surface area contributed by atoms with Crippen LogP contribution in [0.4, 0.5) is 6.01 Å². The van der Waals surface area contributed by atoms with Crippen LogP contribution in [0.25, 0.3) is 0 Å². The van der Waals surface area contributed by atoms with Gasteiger partial charge in [0, 0.05) is 12.6 Å². The van der Waals surface area contributed by atoms with Gasteiger partial charge in [-0.05, 0) is 30.5 Å². The van der Waals surface area contributed by atoms with Gasteiger partial charge in [-0.15, -0.1) is 5.10 Å². The molecule has 0 saturated heterocycles. The van der Waals surface area contributed by atoms with Crippen molar-refractivity contribution in [2.75, 3.05) is 12.1 Å². The summed E-state index contributed by atoms with van der Waals surface area (Å²) in [5.74, 6) is 2.16. The Labute approximate surface area is 121 Å². The van der Waals surface area contributed by atoms with Gasteiger partial charge in [0.1, 0.15) is 0 Å². The lowest BCUT2D eigenvalue weighted by Crippen LogP contribution is -2.15. The smallest absolute Gasteiger partial charge is 0.315 e. The quantitative estimate of drug-likeness (QED) is 0.836. The molecule has 2 aromatic rings. The van der Waals surface area contributed by atoms with Crippen molar-refractivity contribution >= 4 is 6.01 Å². The predicted octanol–water partition coefficient (Wildman–Crippen LogP) is 1.66. The van der Waals surface area contributed by atoms with Gasteiger partial charge in [-0.2, -0.15) is 0 Å². The standard InChI is InChI=1S/C14H16N4O3/c1-4-11-12(20-8-19-11)5-9(1)6-16-14-18-17-13(21-14)7-15-10-2-3-10/h1,4-5,10,15H,2-3,6-8H2,(H,16,18). The van der Waals surface area contributed by atoms with Crippen LogP contribution in [-0.2, 0) is 13.1 Å². The molecule has 2 aliphatic rings. The molecule has 7 nitrogen and oxygen atoms in total. The lowest BCUT2D eigenvalue weighted by Gasteiger charge is -2.03. The molecule has 7 heteroatoms. The van der Waals surface area contributed by atoms with Crippen molar-refractivity contribution in [1.82, 2.24) is 15.5 Å². The SMILES string of the molecule is c1cc2c(cc1CNc1nnc(CNC3CC3)o1)OCO2. The van der Waals surface area contributed by atoms with Crippen LogP contribution in [0.5, 0.6) is 11.5 Å². The summed E-state index contributed by atoms with van der Waals surface area (Å²) in [4.78, 5) is 0. The van der Waals surface area contributed by atoms with E-state index in [4.69, 9.17) is 13.9 Å². The number of hydrogen-bond acceptors (Lipinski definition) is 7. The molecular weight excluding hydrogens is 272 g/mol. The minimum Gasteiger partial charge on any atom is -0.454 e. The highest BCUT2D eigenvalue weighted by Gasteiger charge is 2.21. The molecule has 110 valence electrons. The first kappa shape index (κ1) is 12.5. The van der Waals surface area contributed by atoms with Crippen LogP contribution >= 0.6 is 0 Å². The molecule has 0 bridgehead atoms. The van der Waals surface area contributed by atoms with Gasteiger partial charge in [-0.25, -0.2) is 0 Å². The summed E-state index contributed by atoms with van der Waals surface area (Å²) in [5.41, 5.74) is 1.06. The maximum absolute atomic E-state index is 5.52. The van der Waals surface area contributed by atoms with Crippen LogP contribution in [0.1, 0.15) is 24.3 Å². The fraction of sp³-hybridized carbons (Fsp3) is 0.429. The molecule has 0 radical (unpaired) electrons. The Bertz CT molecular complexity index is 639. The molecule has 2 N–H and O–H groups in total. The Morgan fingerprint density at radius 1 is 1.10 bits per heavy atom. The minimum absolute atomic E-state index is 0.285. The summed E-state index contributed by atoms with van der Waals surface area (Å²) in [7, 11) is 0. The number of aromatic nitrogens is 2. The number of anilines is 1. The van der Waals surface area contributed by atoms with Crippen LogP contribution < -0.4 is 20.1 Å². The molecule has 1 fully saturated rings. The molecule has 0 unspecified atom stereocenters. The molecule has 1 aliphatic carbocycles. The Kier molecular flexibility index (Phi) is 3.11. The zero-order valence-corrected chi connectivity index (χ0v) is 11.5. The summed E-state index contributed by atoms with van der Waals surface area (Å²) >= 11 is 0. The van der Waals surface area contributed by atoms with E-state index in [1.807, 2.05) is 18.2 Å². The molecule has 1 saturated carbocycles. The van der Waals surface area contributed by atoms with Gasteiger partial charge in [0.2, 0.25) is 12.7 Å². The molecule has 0 atom stereocenters. The summed E-state index contributed by atoms with van der Waals surface area (Å²) in [6.07, 6.45) is 2.48. The van der Waals surface area contributed by atoms with Crippen molar-refractivity contribution in [3.8, 4) is 11.5 Å². The second-order valence-electron chi connectivity index (χ2n) is 5.20. The fourth-order valence-corrected chi connectivity index (χ4v) is 2.14. The largest absolute Gasteiger partial charge is 0.454 e. The third-order valence-corrected chi connectivity index (χ3v) is 3.47. The predicted molar refractivity (Wildman–Crippen MR) is 74.1 cm³/mol. The van der Waals surface area contributed by atoms with Gasteiger partial charge in [-0.3, -0.25) is 0 Å². The highest BCUT2D eigenvalue weighted by Crippen LogP contribution is 2.32. The Hall–Kier alpha value is -2.28. The summed E-state index contributed by atoms with van der Waals surface area (Å²) in [5, 5.41) is 14.4. The number of nitrogens with zero attached hydrogens (tertiary/aromatic N) is 2. The van der Waals surface area contributed by atoms with E-state index in [0.717, 1.165) is 17.1 Å². The Morgan fingerprint density at radius 3 is 2.90 bits per heavy atom. The second kappa shape index (κ2) is 5.25. The van der Waals surface area contributed by atoms with Gasteiger partial charge in [-0.1, -0.05) is 11.2 Å². The fourth-order valence-electron chi connectivity index (χ4n) is 2.14. The van der Waals surface area contributed by atoms with E-state index < -0.39 is 0 Å². The van der Waals surface area contributed by atoms with Crippen molar-refractivity contribution < 1.29 is 13.9 Å². The maximum atomic E-state index is 5.52. The van der Waals surface area contributed by atoms with Crippen molar-refractivity contribution in [3.63, 3.8) is 0 Å². The molecule has 1 aromatic carbocycles. The zero-order valence-electron chi connectivity index (χ0n) is 11.5. The topological polar surface area (TPSA) is 81.4 Å². The molecule has 0 spiro atoms. The van der Waals surface area contributed by atoms with E-state index >= 15 is 0 Å². The molecule has 1 aliphatic heterocycles.